The van der Waals surface area contributed by atoms with Crippen LogP contribution in [0.25, 0.3) is 0 Å². The largest absolute Gasteiger partial charge is 0.391 e. The Bertz CT molecular complexity index is 491. The second-order valence-corrected chi connectivity index (χ2v) is 6.29. The van der Waals surface area contributed by atoms with E-state index in [0.717, 1.165) is 31.5 Å². The molecule has 4 heteroatoms. The van der Waals surface area contributed by atoms with Gasteiger partial charge in [0.25, 0.3) is 0 Å². The zero-order valence-electron chi connectivity index (χ0n) is 12.6. The molecular weight excluding hydrogens is 264 g/mol. The molecule has 2 heterocycles. The van der Waals surface area contributed by atoms with E-state index in [9.17, 15) is 9.90 Å². The second kappa shape index (κ2) is 6.16. The molecule has 21 heavy (non-hydrogen) atoms. The van der Waals surface area contributed by atoms with Crippen LogP contribution in [0.15, 0.2) is 30.3 Å². The van der Waals surface area contributed by atoms with Gasteiger partial charge in [0.05, 0.1) is 6.10 Å². The van der Waals surface area contributed by atoms with Crippen molar-refractivity contribution in [3.05, 3.63) is 35.9 Å². The highest BCUT2D eigenvalue weighted by atomic mass is 16.3. The van der Waals surface area contributed by atoms with Gasteiger partial charge in [0, 0.05) is 32.1 Å². The minimum atomic E-state index is -0.302. The topological polar surface area (TPSA) is 43.8 Å². The third-order valence-electron chi connectivity index (χ3n) is 4.86. The molecule has 0 bridgehead atoms. The maximum Gasteiger partial charge on any atom is 0.220 e. The molecule has 2 saturated heterocycles. The maximum absolute atomic E-state index is 12.1. The Hall–Kier alpha value is -1.39. The third kappa shape index (κ3) is 3.11. The van der Waals surface area contributed by atoms with E-state index in [-0.39, 0.29) is 18.1 Å². The fourth-order valence-corrected chi connectivity index (χ4v) is 3.80. The minimum absolute atomic E-state index is 0.0914. The van der Waals surface area contributed by atoms with Crippen molar-refractivity contribution < 1.29 is 9.90 Å². The predicted molar refractivity (Wildman–Crippen MR) is 81.7 cm³/mol. The molecule has 3 rings (SSSR count). The first-order valence-corrected chi connectivity index (χ1v) is 7.88. The van der Waals surface area contributed by atoms with Crippen LogP contribution in [-0.4, -0.2) is 52.1 Å². The Kier molecular flexibility index (Phi) is 4.27. The molecule has 3 atom stereocenters. The molecule has 0 aromatic heterocycles. The first-order valence-electron chi connectivity index (χ1n) is 7.88. The van der Waals surface area contributed by atoms with Gasteiger partial charge in [-0.2, -0.15) is 0 Å². The molecule has 4 nitrogen and oxygen atoms in total. The van der Waals surface area contributed by atoms with Gasteiger partial charge < -0.3 is 10.0 Å². The summed E-state index contributed by atoms with van der Waals surface area (Å²) in [5, 5.41) is 10.4. The zero-order valence-corrected chi connectivity index (χ0v) is 12.6. The fraction of sp³-hybridized carbons (Fsp3) is 0.588. The number of hydrogen-bond donors (Lipinski definition) is 1. The quantitative estimate of drug-likeness (QED) is 0.919. The number of aliphatic hydroxyl groups is 1. The van der Waals surface area contributed by atoms with Crippen molar-refractivity contribution in [2.45, 2.75) is 50.9 Å². The molecule has 2 fully saturated rings. The van der Waals surface area contributed by atoms with Crippen LogP contribution in [0.4, 0.5) is 0 Å². The summed E-state index contributed by atoms with van der Waals surface area (Å²) < 4.78 is 0. The van der Waals surface area contributed by atoms with Gasteiger partial charge >= 0.3 is 0 Å². The van der Waals surface area contributed by atoms with E-state index in [1.807, 2.05) is 35.2 Å². The van der Waals surface area contributed by atoms with Crippen molar-refractivity contribution in [3.63, 3.8) is 0 Å². The lowest BCUT2D eigenvalue weighted by Crippen LogP contribution is -2.56. The minimum Gasteiger partial charge on any atom is -0.391 e. The monoisotopic (exact) mass is 288 g/mol. The Balaban J connectivity index is 1.73. The van der Waals surface area contributed by atoms with Gasteiger partial charge in [-0.25, -0.2) is 0 Å². The predicted octanol–water partition coefficient (Wildman–Crippen LogP) is 1.63. The van der Waals surface area contributed by atoms with E-state index in [1.165, 1.54) is 0 Å². The number of nitrogens with zero attached hydrogens (tertiary/aromatic N) is 2. The molecule has 2 aliphatic rings. The molecule has 0 saturated carbocycles. The Morgan fingerprint density at radius 1 is 1.38 bits per heavy atom. The van der Waals surface area contributed by atoms with Crippen LogP contribution in [0.5, 0.6) is 0 Å². The SMILES string of the molecule is CC(=O)N(Cc1ccccc1)[C@@H]1C[C@H](O)C2CCCN2C1. The van der Waals surface area contributed by atoms with Gasteiger partial charge in [-0.05, 0) is 31.4 Å². The summed E-state index contributed by atoms with van der Waals surface area (Å²) in [6.45, 7) is 4.21. The zero-order chi connectivity index (χ0) is 14.8. The Morgan fingerprint density at radius 3 is 2.86 bits per heavy atom. The first kappa shape index (κ1) is 14.5. The van der Waals surface area contributed by atoms with Crippen LogP contribution < -0.4 is 0 Å². The first-order chi connectivity index (χ1) is 10.1. The molecular formula is C17H24N2O2. The van der Waals surface area contributed by atoms with Crippen molar-refractivity contribution >= 4 is 5.91 Å². The van der Waals surface area contributed by atoms with Crippen LogP contribution in [-0.2, 0) is 11.3 Å². The molecule has 0 aliphatic carbocycles. The van der Waals surface area contributed by atoms with Gasteiger partial charge in [0.2, 0.25) is 5.91 Å². The molecule has 0 spiro atoms. The van der Waals surface area contributed by atoms with Gasteiger partial charge in [0.1, 0.15) is 0 Å². The lowest BCUT2D eigenvalue weighted by atomic mass is 9.94. The molecule has 1 aromatic carbocycles. The number of carbonyl (C=O) groups excluding carboxylic acids is 1. The highest BCUT2D eigenvalue weighted by Gasteiger charge is 2.40. The lowest BCUT2D eigenvalue weighted by molar-refractivity contribution is -0.135. The van der Waals surface area contributed by atoms with Gasteiger partial charge in [-0.1, -0.05) is 30.3 Å². The molecule has 1 N–H and O–H groups in total. The summed E-state index contributed by atoms with van der Waals surface area (Å²) >= 11 is 0. The van der Waals surface area contributed by atoms with Gasteiger partial charge in [-0.15, -0.1) is 0 Å². The number of aliphatic hydroxyl groups excluding tert-OH is 1. The summed E-state index contributed by atoms with van der Waals surface area (Å²) in [4.78, 5) is 16.4. The van der Waals surface area contributed by atoms with Gasteiger partial charge in [-0.3, -0.25) is 9.69 Å². The molecule has 2 aliphatic heterocycles. The summed E-state index contributed by atoms with van der Waals surface area (Å²) in [7, 11) is 0. The van der Waals surface area contributed by atoms with E-state index in [1.54, 1.807) is 6.92 Å². The van der Waals surface area contributed by atoms with Crippen LogP contribution >= 0.6 is 0 Å². The number of piperidine rings is 1. The molecule has 1 amide bonds. The molecule has 1 aromatic rings. The number of benzene rings is 1. The maximum atomic E-state index is 12.1. The van der Waals surface area contributed by atoms with Crippen molar-refractivity contribution in [2.75, 3.05) is 13.1 Å². The smallest absolute Gasteiger partial charge is 0.220 e. The van der Waals surface area contributed by atoms with E-state index in [4.69, 9.17) is 0 Å². The van der Waals surface area contributed by atoms with E-state index in [2.05, 4.69) is 4.90 Å². The summed E-state index contributed by atoms with van der Waals surface area (Å²) in [6, 6.07) is 10.5. The normalized spacial score (nSPS) is 29.1. The lowest BCUT2D eigenvalue weighted by Gasteiger charge is -2.43. The van der Waals surface area contributed by atoms with Gasteiger partial charge in [0.15, 0.2) is 0 Å². The average molecular weight is 288 g/mol. The number of rotatable bonds is 3. The van der Waals surface area contributed by atoms with Crippen LogP contribution in [0.3, 0.4) is 0 Å². The highest BCUT2D eigenvalue weighted by molar-refractivity contribution is 5.73. The number of hydrogen-bond acceptors (Lipinski definition) is 3. The highest BCUT2D eigenvalue weighted by Crippen LogP contribution is 2.30. The average Bonchev–Trinajstić information content (AvgIpc) is 2.94. The van der Waals surface area contributed by atoms with Crippen molar-refractivity contribution in [3.8, 4) is 0 Å². The summed E-state index contributed by atoms with van der Waals surface area (Å²) in [5.74, 6) is 0.0914. The van der Waals surface area contributed by atoms with Crippen molar-refractivity contribution in [1.29, 1.82) is 0 Å². The van der Waals surface area contributed by atoms with E-state index in [0.29, 0.717) is 19.0 Å². The molecule has 1 unspecified atom stereocenters. The van der Waals surface area contributed by atoms with E-state index < -0.39 is 0 Å². The molecule has 0 radical (unpaired) electrons. The number of amides is 1. The third-order valence-corrected chi connectivity index (χ3v) is 4.86. The van der Waals surface area contributed by atoms with Crippen LogP contribution in [0.2, 0.25) is 0 Å². The summed E-state index contributed by atoms with van der Waals surface area (Å²) in [5.41, 5.74) is 1.14. The summed E-state index contributed by atoms with van der Waals surface area (Å²) in [6.07, 6.45) is 2.65. The second-order valence-electron chi connectivity index (χ2n) is 6.29. The number of fused-ring (bicyclic) bond motifs is 1. The Labute approximate surface area is 126 Å². The van der Waals surface area contributed by atoms with E-state index >= 15 is 0 Å². The van der Waals surface area contributed by atoms with Crippen LogP contribution in [0.1, 0.15) is 31.7 Å². The Morgan fingerprint density at radius 2 is 2.14 bits per heavy atom. The van der Waals surface area contributed by atoms with Crippen molar-refractivity contribution in [2.24, 2.45) is 0 Å². The molecule has 114 valence electrons. The van der Waals surface area contributed by atoms with Crippen molar-refractivity contribution in [1.82, 2.24) is 9.80 Å². The standard InChI is InChI=1S/C17H24N2O2/c1-13(20)19(11-14-6-3-2-4-7-14)15-10-17(21)16-8-5-9-18(16)12-15/h2-4,6-7,15-17,21H,5,8-12H2,1H3/t15-,16?,17+/m1/s1. The van der Waals surface area contributed by atoms with Crippen LogP contribution in [0, 0.1) is 0 Å². The fourth-order valence-electron chi connectivity index (χ4n) is 3.80. The number of carbonyl (C=O) groups is 1.